The standard InChI is InChI=1S/C26H31N3O9/c1-4-37-21(30)14-20(18-10-12-19(13-11-18)29(35)36)23(25(32)33)27-24(31)22(16(2)3)28-26(34)38-15-17-8-6-5-7-9-17/h5-13,16,20,22-23H,4,14-15H2,1-3H3,(H,27,31)(H,28,34)(H,32,33)/t20-,22+,23-/m0/s1. The number of carboxylic acids is 1. The second kappa shape index (κ2) is 14.3. The molecule has 12 nitrogen and oxygen atoms in total. The number of rotatable bonds is 13. The van der Waals surface area contributed by atoms with E-state index in [-0.39, 0.29) is 24.5 Å². The summed E-state index contributed by atoms with van der Waals surface area (Å²) in [5, 5.41) is 25.9. The molecule has 0 aliphatic carbocycles. The molecule has 0 saturated carbocycles. The normalized spacial score (nSPS) is 13.1. The van der Waals surface area contributed by atoms with Crippen LogP contribution < -0.4 is 10.6 Å². The van der Waals surface area contributed by atoms with E-state index in [4.69, 9.17) is 9.47 Å². The van der Waals surface area contributed by atoms with Crippen LogP contribution >= 0.6 is 0 Å². The lowest BCUT2D eigenvalue weighted by Crippen LogP contribution is -2.55. The Morgan fingerprint density at radius 3 is 2.11 bits per heavy atom. The topological polar surface area (TPSA) is 174 Å². The highest BCUT2D eigenvalue weighted by molar-refractivity contribution is 5.90. The molecule has 0 saturated heterocycles. The Kier molecular flexibility index (Phi) is 11.2. The van der Waals surface area contributed by atoms with E-state index in [9.17, 15) is 34.4 Å². The Balaban J connectivity index is 2.23. The van der Waals surface area contributed by atoms with Crippen LogP contribution in [0.4, 0.5) is 10.5 Å². The van der Waals surface area contributed by atoms with Gasteiger partial charge in [-0.1, -0.05) is 56.3 Å². The van der Waals surface area contributed by atoms with Crippen molar-refractivity contribution in [3.05, 3.63) is 75.8 Å². The molecule has 2 rings (SSSR count). The first kappa shape index (κ1) is 29.7. The van der Waals surface area contributed by atoms with Crippen LogP contribution in [0.2, 0.25) is 0 Å². The number of benzene rings is 2. The molecular formula is C26H31N3O9. The van der Waals surface area contributed by atoms with E-state index in [0.29, 0.717) is 0 Å². The summed E-state index contributed by atoms with van der Waals surface area (Å²) in [4.78, 5) is 60.5. The van der Waals surface area contributed by atoms with Crippen molar-refractivity contribution in [2.24, 2.45) is 5.92 Å². The Morgan fingerprint density at radius 1 is 0.947 bits per heavy atom. The molecule has 0 spiro atoms. The maximum atomic E-state index is 13.1. The lowest BCUT2D eigenvalue weighted by atomic mass is 9.87. The zero-order valence-corrected chi connectivity index (χ0v) is 21.3. The van der Waals surface area contributed by atoms with Crippen LogP contribution in [0.3, 0.4) is 0 Å². The molecule has 0 radical (unpaired) electrons. The number of esters is 1. The van der Waals surface area contributed by atoms with Crippen molar-refractivity contribution in [3.8, 4) is 0 Å². The van der Waals surface area contributed by atoms with Crippen LogP contribution in [0.25, 0.3) is 0 Å². The predicted molar refractivity (Wildman–Crippen MR) is 135 cm³/mol. The Bertz CT molecular complexity index is 1120. The van der Waals surface area contributed by atoms with Gasteiger partial charge < -0.3 is 25.2 Å². The number of hydrogen-bond donors (Lipinski definition) is 3. The molecule has 204 valence electrons. The molecule has 2 aromatic rings. The van der Waals surface area contributed by atoms with Gasteiger partial charge in [0.25, 0.3) is 5.69 Å². The number of non-ortho nitro benzene ring substituents is 1. The average molecular weight is 530 g/mol. The quantitative estimate of drug-likeness (QED) is 0.200. The average Bonchev–Trinajstić information content (AvgIpc) is 2.88. The third-order valence-corrected chi connectivity index (χ3v) is 5.63. The second-order valence-corrected chi connectivity index (χ2v) is 8.72. The maximum absolute atomic E-state index is 13.1. The number of hydrogen-bond acceptors (Lipinski definition) is 8. The van der Waals surface area contributed by atoms with Crippen LogP contribution in [0, 0.1) is 16.0 Å². The Labute approximate surface area is 219 Å². The van der Waals surface area contributed by atoms with Crippen LogP contribution in [0.15, 0.2) is 54.6 Å². The van der Waals surface area contributed by atoms with Gasteiger partial charge in [0.2, 0.25) is 5.91 Å². The van der Waals surface area contributed by atoms with E-state index in [1.54, 1.807) is 45.0 Å². The van der Waals surface area contributed by atoms with Gasteiger partial charge in [-0.2, -0.15) is 0 Å². The fourth-order valence-corrected chi connectivity index (χ4v) is 3.68. The molecule has 0 unspecified atom stereocenters. The summed E-state index contributed by atoms with van der Waals surface area (Å²) in [6, 6.07) is 11.1. The summed E-state index contributed by atoms with van der Waals surface area (Å²) >= 11 is 0. The number of alkyl carbamates (subject to hydrolysis) is 1. The fraction of sp³-hybridized carbons (Fsp3) is 0.385. The summed E-state index contributed by atoms with van der Waals surface area (Å²) in [7, 11) is 0. The lowest BCUT2D eigenvalue weighted by molar-refractivity contribution is -0.384. The predicted octanol–water partition coefficient (Wildman–Crippen LogP) is 3.15. The number of aliphatic carboxylic acids is 1. The van der Waals surface area contributed by atoms with Crippen molar-refractivity contribution >= 4 is 29.6 Å². The molecule has 0 fully saturated rings. The van der Waals surface area contributed by atoms with Gasteiger partial charge in [0.05, 0.1) is 18.0 Å². The fourth-order valence-electron chi connectivity index (χ4n) is 3.68. The van der Waals surface area contributed by atoms with Crippen LogP contribution in [0.5, 0.6) is 0 Å². The van der Waals surface area contributed by atoms with E-state index in [1.165, 1.54) is 24.3 Å². The molecule has 0 bridgehead atoms. The monoisotopic (exact) mass is 529 g/mol. The zero-order chi connectivity index (χ0) is 28.2. The molecule has 0 aliphatic rings. The van der Waals surface area contributed by atoms with Crippen molar-refractivity contribution in [1.82, 2.24) is 10.6 Å². The highest BCUT2D eigenvalue weighted by Crippen LogP contribution is 2.27. The minimum Gasteiger partial charge on any atom is -0.480 e. The molecule has 38 heavy (non-hydrogen) atoms. The number of carbonyl (C=O) groups is 4. The smallest absolute Gasteiger partial charge is 0.408 e. The SMILES string of the molecule is CCOC(=O)C[C@@H](c1ccc([N+](=O)[O-])cc1)[C@H](NC(=O)[C@H](NC(=O)OCc1ccccc1)C(C)C)C(=O)O. The van der Waals surface area contributed by atoms with Gasteiger partial charge in [-0.05, 0) is 24.0 Å². The molecule has 12 heteroatoms. The van der Waals surface area contributed by atoms with Gasteiger partial charge >= 0.3 is 18.0 Å². The van der Waals surface area contributed by atoms with Crippen molar-refractivity contribution in [2.75, 3.05) is 6.61 Å². The maximum Gasteiger partial charge on any atom is 0.408 e. The van der Waals surface area contributed by atoms with E-state index < -0.39 is 59.2 Å². The number of nitrogens with zero attached hydrogens (tertiary/aromatic N) is 1. The molecule has 0 aromatic heterocycles. The first-order chi connectivity index (χ1) is 18.0. The summed E-state index contributed by atoms with van der Waals surface area (Å²) in [5.74, 6) is -4.52. The Hall–Kier alpha value is -4.48. The highest BCUT2D eigenvalue weighted by atomic mass is 16.6. The molecule has 3 atom stereocenters. The number of ether oxygens (including phenoxy) is 2. The number of carboxylic acid groups (broad SMARTS) is 1. The lowest BCUT2D eigenvalue weighted by Gasteiger charge is -2.28. The summed E-state index contributed by atoms with van der Waals surface area (Å²) in [5.41, 5.74) is 0.786. The van der Waals surface area contributed by atoms with Crippen molar-refractivity contribution < 1.29 is 38.7 Å². The largest absolute Gasteiger partial charge is 0.480 e. The number of amides is 2. The van der Waals surface area contributed by atoms with Crippen LogP contribution in [-0.2, 0) is 30.5 Å². The van der Waals surface area contributed by atoms with Crippen molar-refractivity contribution in [3.63, 3.8) is 0 Å². The Morgan fingerprint density at radius 2 is 1.58 bits per heavy atom. The van der Waals surface area contributed by atoms with Crippen LogP contribution in [0.1, 0.15) is 44.2 Å². The highest BCUT2D eigenvalue weighted by Gasteiger charge is 2.36. The molecule has 0 aliphatic heterocycles. The van der Waals surface area contributed by atoms with Crippen molar-refractivity contribution in [1.29, 1.82) is 0 Å². The van der Waals surface area contributed by atoms with Gasteiger partial charge in [0.1, 0.15) is 18.7 Å². The second-order valence-electron chi connectivity index (χ2n) is 8.72. The minimum atomic E-state index is -1.61. The molecule has 2 amide bonds. The first-order valence-corrected chi connectivity index (χ1v) is 11.9. The number of nitro benzene ring substituents is 1. The molecule has 3 N–H and O–H groups in total. The van der Waals surface area contributed by atoms with E-state index in [0.717, 1.165) is 5.56 Å². The van der Waals surface area contributed by atoms with E-state index >= 15 is 0 Å². The van der Waals surface area contributed by atoms with E-state index in [2.05, 4.69) is 10.6 Å². The van der Waals surface area contributed by atoms with E-state index in [1.807, 2.05) is 6.07 Å². The summed E-state index contributed by atoms with van der Waals surface area (Å²) in [6.45, 7) is 4.93. The third kappa shape index (κ3) is 8.87. The van der Waals surface area contributed by atoms with Gasteiger partial charge in [-0.3, -0.25) is 19.7 Å². The summed E-state index contributed by atoms with van der Waals surface area (Å²) < 4.78 is 10.1. The van der Waals surface area contributed by atoms with Gasteiger partial charge in [-0.25, -0.2) is 9.59 Å². The molecular weight excluding hydrogens is 498 g/mol. The van der Waals surface area contributed by atoms with Crippen LogP contribution in [-0.4, -0.2) is 52.7 Å². The van der Waals surface area contributed by atoms with Crippen molar-refractivity contribution in [2.45, 2.75) is 51.8 Å². The third-order valence-electron chi connectivity index (χ3n) is 5.63. The first-order valence-electron chi connectivity index (χ1n) is 11.9. The minimum absolute atomic E-state index is 0.0292. The number of nitrogens with one attached hydrogen (secondary N) is 2. The van der Waals surface area contributed by atoms with Gasteiger partial charge in [0, 0.05) is 18.1 Å². The molecule has 0 heterocycles. The zero-order valence-electron chi connectivity index (χ0n) is 21.3. The van der Waals surface area contributed by atoms with Gasteiger partial charge in [-0.15, -0.1) is 0 Å². The number of carbonyl (C=O) groups excluding carboxylic acids is 3. The van der Waals surface area contributed by atoms with Gasteiger partial charge in [0.15, 0.2) is 0 Å². The summed E-state index contributed by atoms with van der Waals surface area (Å²) in [6.07, 6.45) is -1.28. The molecule has 2 aromatic carbocycles. The number of nitro groups is 1.